The third-order valence-electron chi connectivity index (χ3n) is 2.33. The number of nitrogens with zero attached hydrogens (tertiary/aromatic N) is 1. The Morgan fingerprint density at radius 2 is 2.27 bits per heavy atom. The van der Waals surface area contributed by atoms with Gasteiger partial charge in [-0.25, -0.2) is 4.39 Å². The standard InChI is InChI=1S/C10H9ClFNOS/c11-7-2-1-3-8(10(7)12)13-5-6(15)4-9(13)14/h1-3,6,15H,4-5H2. The topological polar surface area (TPSA) is 20.3 Å². The van der Waals surface area contributed by atoms with Gasteiger partial charge in [-0.05, 0) is 12.1 Å². The third-order valence-corrected chi connectivity index (χ3v) is 2.96. The summed E-state index contributed by atoms with van der Waals surface area (Å²) in [6, 6.07) is 4.63. The highest BCUT2D eigenvalue weighted by Gasteiger charge is 2.30. The maximum atomic E-state index is 13.6. The number of rotatable bonds is 1. The summed E-state index contributed by atoms with van der Waals surface area (Å²) in [6.07, 6.45) is 0.342. The molecule has 1 heterocycles. The first-order valence-corrected chi connectivity index (χ1v) is 5.41. The average molecular weight is 246 g/mol. The lowest BCUT2D eigenvalue weighted by atomic mass is 10.3. The van der Waals surface area contributed by atoms with Gasteiger partial charge in [-0.15, -0.1) is 0 Å². The molecule has 5 heteroatoms. The molecule has 2 rings (SSSR count). The van der Waals surface area contributed by atoms with Crippen molar-refractivity contribution >= 4 is 35.8 Å². The quantitative estimate of drug-likeness (QED) is 0.754. The van der Waals surface area contributed by atoms with Crippen LogP contribution in [0, 0.1) is 5.82 Å². The summed E-state index contributed by atoms with van der Waals surface area (Å²) < 4.78 is 13.6. The minimum absolute atomic E-state index is 0.0305. The van der Waals surface area contributed by atoms with Gasteiger partial charge in [0, 0.05) is 18.2 Å². The van der Waals surface area contributed by atoms with Crippen LogP contribution in [0.1, 0.15) is 6.42 Å². The van der Waals surface area contributed by atoms with Gasteiger partial charge in [0.15, 0.2) is 5.82 Å². The number of carbonyl (C=O) groups is 1. The van der Waals surface area contributed by atoms with Gasteiger partial charge in [0.1, 0.15) is 0 Å². The van der Waals surface area contributed by atoms with Gasteiger partial charge < -0.3 is 4.90 Å². The van der Waals surface area contributed by atoms with E-state index in [0.29, 0.717) is 13.0 Å². The van der Waals surface area contributed by atoms with Crippen molar-refractivity contribution in [3.63, 3.8) is 0 Å². The predicted octanol–water partition coefficient (Wildman–Crippen LogP) is 2.51. The molecule has 1 atom stereocenters. The third kappa shape index (κ3) is 1.96. The summed E-state index contributed by atoms with van der Waals surface area (Å²) in [7, 11) is 0. The molecular formula is C10H9ClFNOS. The number of amides is 1. The highest BCUT2D eigenvalue weighted by Crippen LogP contribution is 2.29. The molecule has 0 spiro atoms. The number of benzene rings is 1. The fourth-order valence-electron chi connectivity index (χ4n) is 1.62. The van der Waals surface area contributed by atoms with E-state index in [4.69, 9.17) is 11.6 Å². The van der Waals surface area contributed by atoms with E-state index in [9.17, 15) is 9.18 Å². The van der Waals surface area contributed by atoms with Crippen LogP contribution in [0.4, 0.5) is 10.1 Å². The minimum Gasteiger partial charge on any atom is -0.308 e. The molecule has 0 aliphatic carbocycles. The summed E-state index contributed by atoms with van der Waals surface area (Å²) in [4.78, 5) is 12.9. The Hall–Kier alpha value is -0.740. The molecule has 80 valence electrons. The molecule has 1 aliphatic heterocycles. The highest BCUT2D eigenvalue weighted by atomic mass is 35.5. The number of thiol groups is 1. The maximum Gasteiger partial charge on any atom is 0.228 e. The zero-order valence-electron chi connectivity index (χ0n) is 7.78. The van der Waals surface area contributed by atoms with Crippen LogP contribution in [0.15, 0.2) is 18.2 Å². The fourth-order valence-corrected chi connectivity index (χ4v) is 2.11. The van der Waals surface area contributed by atoms with E-state index >= 15 is 0 Å². The molecular weight excluding hydrogens is 237 g/mol. The van der Waals surface area contributed by atoms with Crippen molar-refractivity contribution < 1.29 is 9.18 Å². The van der Waals surface area contributed by atoms with Gasteiger partial charge in [0.2, 0.25) is 5.91 Å². The molecule has 0 aromatic heterocycles. The van der Waals surface area contributed by atoms with Crippen molar-refractivity contribution in [2.45, 2.75) is 11.7 Å². The average Bonchev–Trinajstić information content (AvgIpc) is 2.50. The Morgan fingerprint density at radius 1 is 1.53 bits per heavy atom. The van der Waals surface area contributed by atoms with Crippen molar-refractivity contribution in [2.24, 2.45) is 0 Å². The van der Waals surface area contributed by atoms with E-state index in [0.717, 1.165) is 0 Å². The van der Waals surface area contributed by atoms with Gasteiger partial charge >= 0.3 is 0 Å². The zero-order chi connectivity index (χ0) is 11.0. The van der Waals surface area contributed by atoms with Crippen LogP contribution in [0.2, 0.25) is 5.02 Å². The van der Waals surface area contributed by atoms with Gasteiger partial charge in [0.05, 0.1) is 10.7 Å². The molecule has 15 heavy (non-hydrogen) atoms. The molecule has 1 fully saturated rings. The number of hydrogen-bond acceptors (Lipinski definition) is 2. The van der Waals surface area contributed by atoms with Crippen molar-refractivity contribution in [2.75, 3.05) is 11.4 Å². The lowest BCUT2D eigenvalue weighted by molar-refractivity contribution is -0.117. The molecule has 1 aromatic carbocycles. The molecule has 0 radical (unpaired) electrons. The largest absolute Gasteiger partial charge is 0.308 e. The Bertz CT molecular complexity index is 412. The van der Waals surface area contributed by atoms with Crippen LogP contribution in [0.25, 0.3) is 0 Å². The highest BCUT2D eigenvalue weighted by molar-refractivity contribution is 7.81. The molecule has 1 unspecified atom stereocenters. The van der Waals surface area contributed by atoms with E-state index in [1.54, 1.807) is 12.1 Å². The lowest BCUT2D eigenvalue weighted by Crippen LogP contribution is -2.25. The smallest absolute Gasteiger partial charge is 0.228 e. The van der Waals surface area contributed by atoms with Crippen LogP contribution in [0.3, 0.4) is 0 Å². The number of hydrogen-bond donors (Lipinski definition) is 1. The fraction of sp³-hybridized carbons (Fsp3) is 0.300. The van der Waals surface area contributed by atoms with Gasteiger partial charge in [-0.1, -0.05) is 17.7 Å². The van der Waals surface area contributed by atoms with Crippen molar-refractivity contribution in [3.05, 3.63) is 29.0 Å². The van der Waals surface area contributed by atoms with E-state index in [-0.39, 0.29) is 21.9 Å². The van der Waals surface area contributed by atoms with E-state index in [1.165, 1.54) is 11.0 Å². The Morgan fingerprint density at radius 3 is 2.87 bits per heavy atom. The second kappa shape index (κ2) is 4.02. The number of carbonyl (C=O) groups excluding carboxylic acids is 1. The van der Waals surface area contributed by atoms with Crippen LogP contribution < -0.4 is 4.90 Å². The van der Waals surface area contributed by atoms with Gasteiger partial charge in [0.25, 0.3) is 0 Å². The van der Waals surface area contributed by atoms with Crippen molar-refractivity contribution in [1.29, 1.82) is 0 Å². The molecule has 1 amide bonds. The first-order valence-electron chi connectivity index (χ1n) is 4.52. The lowest BCUT2D eigenvalue weighted by Gasteiger charge is -2.17. The number of anilines is 1. The van der Waals surface area contributed by atoms with E-state index < -0.39 is 5.82 Å². The molecule has 2 nitrogen and oxygen atoms in total. The zero-order valence-corrected chi connectivity index (χ0v) is 9.43. The second-order valence-electron chi connectivity index (χ2n) is 3.44. The first kappa shape index (κ1) is 10.8. The minimum atomic E-state index is -0.546. The first-order chi connectivity index (χ1) is 7.09. The van der Waals surface area contributed by atoms with E-state index in [1.807, 2.05) is 0 Å². The van der Waals surface area contributed by atoms with Crippen LogP contribution in [-0.2, 0) is 4.79 Å². The Balaban J connectivity index is 2.38. The monoisotopic (exact) mass is 245 g/mol. The van der Waals surface area contributed by atoms with Crippen molar-refractivity contribution in [3.8, 4) is 0 Å². The SMILES string of the molecule is O=C1CC(S)CN1c1cccc(Cl)c1F. The molecule has 0 N–H and O–H groups in total. The molecule has 0 saturated carbocycles. The maximum absolute atomic E-state index is 13.6. The Kier molecular flexibility index (Phi) is 2.89. The second-order valence-corrected chi connectivity index (χ2v) is 4.57. The van der Waals surface area contributed by atoms with Crippen molar-refractivity contribution in [1.82, 2.24) is 0 Å². The summed E-state index contributed by atoms with van der Waals surface area (Å²) in [5, 5.41) is -0.00111. The summed E-state index contributed by atoms with van der Waals surface area (Å²) >= 11 is 9.85. The van der Waals surface area contributed by atoms with Crippen LogP contribution in [-0.4, -0.2) is 17.7 Å². The normalized spacial score (nSPS) is 21.1. The Labute approximate surface area is 97.4 Å². The molecule has 0 bridgehead atoms. The number of halogens is 2. The van der Waals surface area contributed by atoms with E-state index in [2.05, 4.69) is 12.6 Å². The summed E-state index contributed by atoms with van der Waals surface area (Å²) in [5.41, 5.74) is 0.240. The van der Waals surface area contributed by atoms with Gasteiger partial charge in [-0.3, -0.25) is 4.79 Å². The van der Waals surface area contributed by atoms with Gasteiger partial charge in [-0.2, -0.15) is 12.6 Å². The van der Waals surface area contributed by atoms with Crippen LogP contribution in [0.5, 0.6) is 0 Å². The predicted molar refractivity (Wildman–Crippen MR) is 61.2 cm³/mol. The molecule has 1 aliphatic rings. The molecule has 1 saturated heterocycles. The summed E-state index contributed by atoms with van der Waals surface area (Å²) in [6.45, 7) is 0.430. The van der Waals surface area contributed by atoms with Crippen LogP contribution >= 0.6 is 24.2 Å². The molecule has 1 aromatic rings. The summed E-state index contributed by atoms with van der Waals surface area (Å²) in [5.74, 6) is -0.661.